The molecular weight excluding hydrogens is 126 g/mol. The fourth-order valence-electron chi connectivity index (χ4n) is 0.193. The highest BCUT2D eigenvalue weighted by Gasteiger charge is 2.09. The third kappa shape index (κ3) is 4.76. The highest BCUT2D eigenvalue weighted by molar-refractivity contribution is 6.28. The van der Waals surface area contributed by atoms with E-state index in [4.69, 9.17) is 5.11 Å². The molecule has 0 radical (unpaired) electrons. The first kappa shape index (κ1) is 10.8. The summed E-state index contributed by atoms with van der Waals surface area (Å²) in [5.74, 6) is -2.75. The molecule has 54 valence electrons. The average molecular weight is 135 g/mol. The molecule has 0 amide bonds. The Labute approximate surface area is 52.2 Å². The Balaban J connectivity index is 0. The summed E-state index contributed by atoms with van der Waals surface area (Å²) >= 11 is 0. The molecule has 5 heteroatoms. The topological polar surface area (TPSA) is 98.6 Å². The summed E-state index contributed by atoms with van der Waals surface area (Å²) in [6.07, 6.45) is 0. The minimum Gasteiger partial charge on any atom is -0.473 e. The molecule has 0 saturated heterocycles. The van der Waals surface area contributed by atoms with Crippen LogP contribution in [0.15, 0.2) is 0 Å². The van der Waals surface area contributed by atoms with Crippen LogP contribution in [0, 0.1) is 0 Å². The van der Waals surface area contributed by atoms with Gasteiger partial charge in [0.05, 0.1) is 6.61 Å². The second-order valence-corrected chi connectivity index (χ2v) is 1.03. The van der Waals surface area contributed by atoms with Gasteiger partial charge in [-0.25, -0.2) is 9.59 Å². The van der Waals surface area contributed by atoms with Crippen molar-refractivity contribution in [2.45, 2.75) is 6.92 Å². The zero-order valence-corrected chi connectivity index (χ0v) is 5.09. The van der Waals surface area contributed by atoms with E-state index in [9.17, 15) is 9.59 Å². The normalized spacial score (nSPS) is 7.22. The zero-order chi connectivity index (χ0) is 6.57. The summed E-state index contributed by atoms with van der Waals surface area (Å²) in [6.45, 7) is 1.64. The first-order valence-electron chi connectivity index (χ1n) is 2.08. The zero-order valence-electron chi connectivity index (χ0n) is 5.09. The SMILES string of the molecule is CCOC(=O)C(=O)O.N. The molecule has 4 N–H and O–H groups in total. The van der Waals surface area contributed by atoms with E-state index in [1.54, 1.807) is 6.92 Å². The Morgan fingerprint density at radius 3 is 2.11 bits per heavy atom. The van der Waals surface area contributed by atoms with Gasteiger partial charge in [0.2, 0.25) is 0 Å². The Hall–Kier alpha value is -1.10. The van der Waals surface area contributed by atoms with Crippen LogP contribution in [-0.4, -0.2) is 23.7 Å². The number of carboxylic acids is 1. The van der Waals surface area contributed by atoms with Crippen molar-refractivity contribution in [2.24, 2.45) is 0 Å². The second-order valence-electron chi connectivity index (χ2n) is 1.03. The molecule has 0 saturated carbocycles. The standard InChI is InChI=1S/C4H6O4.H3N/c1-2-8-4(7)3(5)6;/h2H2,1H3,(H,5,6);1H3. The van der Waals surface area contributed by atoms with Crippen molar-refractivity contribution in [2.75, 3.05) is 6.61 Å². The highest BCUT2D eigenvalue weighted by atomic mass is 16.6. The van der Waals surface area contributed by atoms with Crippen LogP contribution in [0.2, 0.25) is 0 Å². The van der Waals surface area contributed by atoms with Gasteiger partial charge >= 0.3 is 11.9 Å². The molecule has 9 heavy (non-hydrogen) atoms. The highest BCUT2D eigenvalue weighted by Crippen LogP contribution is 1.74. The molecule has 0 fully saturated rings. The molecule has 0 aromatic heterocycles. The monoisotopic (exact) mass is 135 g/mol. The maximum absolute atomic E-state index is 9.92. The maximum Gasteiger partial charge on any atom is 0.417 e. The van der Waals surface area contributed by atoms with E-state index in [0.29, 0.717) is 0 Å². The van der Waals surface area contributed by atoms with E-state index < -0.39 is 11.9 Å². The number of carbonyl (C=O) groups is 2. The minimum atomic E-state index is -1.55. The molecule has 0 rings (SSSR count). The van der Waals surface area contributed by atoms with E-state index in [0.717, 1.165) is 0 Å². The largest absolute Gasteiger partial charge is 0.473 e. The summed E-state index contributed by atoms with van der Waals surface area (Å²) in [7, 11) is 0. The molecule has 0 spiro atoms. The molecule has 0 aromatic rings. The van der Waals surface area contributed by atoms with Crippen LogP contribution in [-0.2, 0) is 14.3 Å². The van der Waals surface area contributed by atoms with Crippen molar-refractivity contribution >= 4 is 11.9 Å². The lowest BCUT2D eigenvalue weighted by atomic mass is 10.7. The summed E-state index contributed by atoms with van der Waals surface area (Å²) in [4.78, 5) is 19.5. The Kier molecular flexibility index (Phi) is 6.06. The Morgan fingerprint density at radius 1 is 1.56 bits per heavy atom. The van der Waals surface area contributed by atoms with Crippen LogP contribution in [0.5, 0.6) is 0 Å². The first-order chi connectivity index (χ1) is 3.68. The molecule has 0 aliphatic carbocycles. The van der Waals surface area contributed by atoms with Gasteiger partial charge < -0.3 is 16.0 Å². The third-order valence-electron chi connectivity index (χ3n) is 0.450. The molecule has 0 atom stereocenters. The predicted octanol–water partition coefficient (Wildman–Crippen LogP) is -0.204. The predicted molar refractivity (Wildman–Crippen MR) is 29.3 cm³/mol. The average Bonchev–Trinajstić information content (AvgIpc) is 1.67. The summed E-state index contributed by atoms with van der Waals surface area (Å²) < 4.78 is 4.06. The van der Waals surface area contributed by atoms with Crippen LogP contribution in [0.25, 0.3) is 0 Å². The van der Waals surface area contributed by atoms with Crippen molar-refractivity contribution in [1.82, 2.24) is 6.15 Å². The van der Waals surface area contributed by atoms with Crippen LogP contribution in [0.4, 0.5) is 0 Å². The third-order valence-corrected chi connectivity index (χ3v) is 0.450. The number of hydrogen-bond donors (Lipinski definition) is 2. The van der Waals surface area contributed by atoms with Crippen molar-refractivity contribution in [3.05, 3.63) is 0 Å². The van der Waals surface area contributed by atoms with Gasteiger partial charge in [0, 0.05) is 0 Å². The first-order valence-corrected chi connectivity index (χ1v) is 2.08. The lowest BCUT2D eigenvalue weighted by Crippen LogP contribution is -2.15. The van der Waals surface area contributed by atoms with E-state index in [-0.39, 0.29) is 12.8 Å². The molecule has 0 bridgehead atoms. The van der Waals surface area contributed by atoms with E-state index >= 15 is 0 Å². The van der Waals surface area contributed by atoms with Crippen molar-refractivity contribution in [3.8, 4) is 0 Å². The van der Waals surface area contributed by atoms with Gasteiger partial charge in [-0.15, -0.1) is 0 Å². The molecule has 0 heterocycles. The van der Waals surface area contributed by atoms with Gasteiger partial charge in [0.1, 0.15) is 0 Å². The van der Waals surface area contributed by atoms with Crippen LogP contribution in [0.3, 0.4) is 0 Å². The molecule has 0 aromatic carbocycles. The number of rotatable bonds is 1. The van der Waals surface area contributed by atoms with Crippen LogP contribution < -0.4 is 6.15 Å². The quantitative estimate of drug-likeness (QED) is 0.383. The van der Waals surface area contributed by atoms with Crippen molar-refractivity contribution in [1.29, 1.82) is 0 Å². The second kappa shape index (κ2) is 5.04. The number of esters is 1. The molecule has 5 nitrogen and oxygen atoms in total. The number of aliphatic carboxylic acids is 1. The fraction of sp³-hybridized carbons (Fsp3) is 0.500. The summed E-state index contributed by atoms with van der Waals surface area (Å²) in [5.41, 5.74) is 0. The maximum atomic E-state index is 9.92. The molecule has 0 aliphatic rings. The van der Waals surface area contributed by atoms with E-state index in [1.807, 2.05) is 0 Å². The van der Waals surface area contributed by atoms with Gasteiger partial charge in [0.25, 0.3) is 0 Å². The molecule has 0 aliphatic heterocycles. The Bertz CT molecular complexity index is 111. The number of hydrogen-bond acceptors (Lipinski definition) is 4. The van der Waals surface area contributed by atoms with Gasteiger partial charge in [-0.3, -0.25) is 0 Å². The Morgan fingerprint density at radius 2 is 2.00 bits per heavy atom. The molecule has 0 unspecified atom stereocenters. The minimum absolute atomic E-state index is 0. The van der Waals surface area contributed by atoms with E-state index in [1.165, 1.54) is 0 Å². The van der Waals surface area contributed by atoms with Gasteiger partial charge in [-0.1, -0.05) is 0 Å². The lowest BCUT2D eigenvalue weighted by Gasteiger charge is -1.91. The fourth-order valence-corrected chi connectivity index (χ4v) is 0.193. The number of carboxylic acid groups (broad SMARTS) is 1. The van der Waals surface area contributed by atoms with Gasteiger partial charge in [0.15, 0.2) is 0 Å². The molecular formula is C4H9NO4. The number of carbonyl (C=O) groups excluding carboxylic acids is 1. The van der Waals surface area contributed by atoms with Gasteiger partial charge in [-0.05, 0) is 6.92 Å². The smallest absolute Gasteiger partial charge is 0.417 e. The number of ether oxygens (including phenoxy) is 1. The lowest BCUT2D eigenvalue weighted by molar-refractivity contribution is -0.163. The van der Waals surface area contributed by atoms with Crippen molar-refractivity contribution in [3.63, 3.8) is 0 Å². The summed E-state index contributed by atoms with van der Waals surface area (Å²) in [6, 6.07) is 0. The summed E-state index contributed by atoms with van der Waals surface area (Å²) in [5, 5.41) is 7.84. The van der Waals surface area contributed by atoms with Crippen LogP contribution in [0.1, 0.15) is 6.92 Å². The van der Waals surface area contributed by atoms with Gasteiger partial charge in [-0.2, -0.15) is 0 Å². The van der Waals surface area contributed by atoms with Crippen LogP contribution >= 0.6 is 0 Å². The van der Waals surface area contributed by atoms with E-state index in [2.05, 4.69) is 4.74 Å². The van der Waals surface area contributed by atoms with Crippen molar-refractivity contribution < 1.29 is 19.4 Å².